The molecule has 1 unspecified atom stereocenters. The standard InChI is InChI=1S/C25H46O4/c1-4-5-6-7-8-9-10-11-12-13-14-23(19-20(2)3)29-25(28)22-17-15-21(16-18-22)24(26)27/h20-23H,4-19H2,1-3H3,(H,26,27). The molecule has 0 radical (unpaired) electrons. The summed E-state index contributed by atoms with van der Waals surface area (Å²) in [7, 11) is 0. The van der Waals surface area contributed by atoms with E-state index in [9.17, 15) is 9.59 Å². The zero-order chi connectivity index (χ0) is 21.5. The predicted molar refractivity (Wildman–Crippen MR) is 119 cm³/mol. The van der Waals surface area contributed by atoms with Crippen molar-refractivity contribution < 1.29 is 19.4 Å². The van der Waals surface area contributed by atoms with Gasteiger partial charge < -0.3 is 9.84 Å². The molecule has 0 aromatic carbocycles. The number of hydrogen-bond donors (Lipinski definition) is 1. The van der Waals surface area contributed by atoms with Crippen LogP contribution in [0.15, 0.2) is 0 Å². The van der Waals surface area contributed by atoms with E-state index in [1.807, 2.05) is 0 Å². The smallest absolute Gasteiger partial charge is 0.309 e. The van der Waals surface area contributed by atoms with E-state index in [4.69, 9.17) is 9.84 Å². The number of hydrogen-bond acceptors (Lipinski definition) is 3. The number of carbonyl (C=O) groups is 2. The third-order valence-corrected chi connectivity index (χ3v) is 6.31. The van der Waals surface area contributed by atoms with Gasteiger partial charge in [0.2, 0.25) is 0 Å². The summed E-state index contributed by atoms with van der Waals surface area (Å²) in [6.07, 6.45) is 17.6. The maximum absolute atomic E-state index is 12.6. The van der Waals surface area contributed by atoms with E-state index >= 15 is 0 Å². The van der Waals surface area contributed by atoms with Gasteiger partial charge >= 0.3 is 11.9 Å². The topological polar surface area (TPSA) is 63.6 Å². The molecule has 0 heterocycles. The van der Waals surface area contributed by atoms with Crippen LogP contribution in [0, 0.1) is 17.8 Å². The Bertz CT molecular complexity index is 438. The van der Waals surface area contributed by atoms with E-state index < -0.39 is 5.97 Å². The first-order valence-electron chi connectivity index (χ1n) is 12.4. The summed E-state index contributed by atoms with van der Waals surface area (Å²) in [5, 5.41) is 9.11. The molecule has 0 amide bonds. The first-order chi connectivity index (χ1) is 13.9. The molecular formula is C25H46O4. The average molecular weight is 411 g/mol. The molecule has 4 nitrogen and oxygen atoms in total. The third-order valence-electron chi connectivity index (χ3n) is 6.31. The molecule has 0 saturated heterocycles. The van der Waals surface area contributed by atoms with Gasteiger partial charge in [-0.15, -0.1) is 0 Å². The molecule has 0 aromatic rings. The average Bonchev–Trinajstić information content (AvgIpc) is 2.68. The summed E-state index contributed by atoms with van der Waals surface area (Å²) in [5.74, 6) is -0.689. The van der Waals surface area contributed by atoms with E-state index in [1.54, 1.807) is 0 Å². The van der Waals surface area contributed by atoms with Crippen molar-refractivity contribution in [3.63, 3.8) is 0 Å². The van der Waals surface area contributed by atoms with E-state index in [-0.39, 0.29) is 23.9 Å². The van der Waals surface area contributed by atoms with Gasteiger partial charge in [0.15, 0.2) is 0 Å². The number of ether oxygens (including phenoxy) is 1. The number of carboxylic acids is 1. The Balaban J connectivity index is 2.21. The number of carboxylic acid groups (broad SMARTS) is 1. The lowest BCUT2D eigenvalue weighted by atomic mass is 9.82. The van der Waals surface area contributed by atoms with Crippen LogP contribution in [0.1, 0.15) is 124 Å². The number of carbonyl (C=O) groups excluding carboxylic acids is 1. The Hall–Kier alpha value is -1.06. The number of esters is 1. The fourth-order valence-corrected chi connectivity index (χ4v) is 4.45. The normalized spacial score (nSPS) is 20.6. The minimum Gasteiger partial charge on any atom is -0.481 e. The quantitative estimate of drug-likeness (QED) is 0.217. The zero-order valence-electron chi connectivity index (χ0n) is 19.3. The zero-order valence-corrected chi connectivity index (χ0v) is 19.3. The molecule has 29 heavy (non-hydrogen) atoms. The van der Waals surface area contributed by atoms with Crippen molar-refractivity contribution in [3.8, 4) is 0 Å². The monoisotopic (exact) mass is 410 g/mol. The molecule has 170 valence electrons. The lowest BCUT2D eigenvalue weighted by Gasteiger charge is -2.27. The molecule has 1 aliphatic rings. The fraction of sp³-hybridized carbons (Fsp3) is 0.920. The van der Waals surface area contributed by atoms with Crippen LogP contribution in [0.3, 0.4) is 0 Å². The Morgan fingerprint density at radius 2 is 1.31 bits per heavy atom. The van der Waals surface area contributed by atoms with Gasteiger partial charge in [0.1, 0.15) is 6.10 Å². The summed E-state index contributed by atoms with van der Waals surface area (Å²) >= 11 is 0. The third kappa shape index (κ3) is 12.3. The minimum atomic E-state index is -0.726. The van der Waals surface area contributed by atoms with Crippen LogP contribution in [-0.2, 0) is 14.3 Å². The second-order valence-electron chi connectivity index (χ2n) is 9.55. The van der Waals surface area contributed by atoms with Gasteiger partial charge in [-0.3, -0.25) is 9.59 Å². The van der Waals surface area contributed by atoms with Crippen molar-refractivity contribution in [1.29, 1.82) is 0 Å². The number of unbranched alkanes of at least 4 members (excludes halogenated alkanes) is 9. The maximum atomic E-state index is 12.6. The Morgan fingerprint density at radius 1 is 0.828 bits per heavy atom. The van der Waals surface area contributed by atoms with Crippen molar-refractivity contribution in [1.82, 2.24) is 0 Å². The number of aliphatic carboxylic acids is 1. The highest BCUT2D eigenvalue weighted by Crippen LogP contribution is 2.30. The van der Waals surface area contributed by atoms with Crippen molar-refractivity contribution in [2.24, 2.45) is 17.8 Å². The molecule has 0 spiro atoms. The van der Waals surface area contributed by atoms with Crippen molar-refractivity contribution >= 4 is 11.9 Å². The first-order valence-corrected chi connectivity index (χ1v) is 12.4. The van der Waals surface area contributed by atoms with Gasteiger partial charge in [-0.25, -0.2) is 0 Å². The second kappa shape index (κ2) is 15.7. The molecule has 1 saturated carbocycles. The van der Waals surface area contributed by atoms with Crippen LogP contribution in [-0.4, -0.2) is 23.1 Å². The lowest BCUT2D eigenvalue weighted by molar-refractivity contribution is -0.158. The largest absolute Gasteiger partial charge is 0.481 e. The predicted octanol–water partition coefficient (Wildman–Crippen LogP) is 7.15. The molecule has 0 bridgehead atoms. The van der Waals surface area contributed by atoms with Gasteiger partial charge in [0.05, 0.1) is 11.8 Å². The highest BCUT2D eigenvalue weighted by molar-refractivity contribution is 5.74. The van der Waals surface area contributed by atoms with Crippen molar-refractivity contribution in [2.45, 2.75) is 130 Å². The summed E-state index contributed by atoms with van der Waals surface area (Å²) in [4.78, 5) is 23.7. The minimum absolute atomic E-state index is 0.0220. The van der Waals surface area contributed by atoms with E-state index in [0.717, 1.165) is 19.3 Å². The Morgan fingerprint density at radius 3 is 1.79 bits per heavy atom. The summed E-state index contributed by atoms with van der Waals surface area (Å²) in [6.45, 7) is 6.61. The fourth-order valence-electron chi connectivity index (χ4n) is 4.45. The van der Waals surface area contributed by atoms with Crippen LogP contribution in [0.2, 0.25) is 0 Å². The molecule has 1 atom stereocenters. The second-order valence-corrected chi connectivity index (χ2v) is 9.55. The van der Waals surface area contributed by atoms with Crippen LogP contribution in [0.4, 0.5) is 0 Å². The van der Waals surface area contributed by atoms with Crippen LogP contribution in [0.5, 0.6) is 0 Å². The highest BCUT2D eigenvalue weighted by Gasteiger charge is 2.31. The summed E-state index contributed by atoms with van der Waals surface area (Å²) in [6, 6.07) is 0. The van der Waals surface area contributed by atoms with Crippen LogP contribution < -0.4 is 0 Å². The molecule has 1 fully saturated rings. The summed E-state index contributed by atoms with van der Waals surface area (Å²) < 4.78 is 5.89. The lowest BCUT2D eigenvalue weighted by Crippen LogP contribution is -2.30. The van der Waals surface area contributed by atoms with Gasteiger partial charge in [0.25, 0.3) is 0 Å². The van der Waals surface area contributed by atoms with E-state index in [2.05, 4.69) is 20.8 Å². The molecular weight excluding hydrogens is 364 g/mol. The molecule has 0 aromatic heterocycles. The SMILES string of the molecule is CCCCCCCCCCCCC(CC(C)C)OC(=O)C1CCC(C(=O)O)CC1. The van der Waals surface area contributed by atoms with E-state index in [0.29, 0.717) is 31.6 Å². The Labute approximate surface area is 179 Å². The molecule has 1 aliphatic carbocycles. The van der Waals surface area contributed by atoms with Gasteiger partial charge in [-0.2, -0.15) is 0 Å². The Kier molecular flexibility index (Phi) is 14.1. The number of rotatable bonds is 16. The molecule has 1 rings (SSSR count). The van der Waals surface area contributed by atoms with Gasteiger partial charge in [0, 0.05) is 0 Å². The first kappa shape index (κ1) is 26.0. The highest BCUT2D eigenvalue weighted by atomic mass is 16.5. The molecule has 0 aliphatic heterocycles. The maximum Gasteiger partial charge on any atom is 0.309 e. The van der Waals surface area contributed by atoms with Gasteiger partial charge in [-0.05, 0) is 50.9 Å². The van der Waals surface area contributed by atoms with Crippen molar-refractivity contribution in [3.05, 3.63) is 0 Å². The van der Waals surface area contributed by atoms with Crippen LogP contribution in [0.25, 0.3) is 0 Å². The van der Waals surface area contributed by atoms with E-state index in [1.165, 1.54) is 57.8 Å². The van der Waals surface area contributed by atoms with Gasteiger partial charge in [-0.1, -0.05) is 78.6 Å². The van der Waals surface area contributed by atoms with Crippen molar-refractivity contribution in [2.75, 3.05) is 0 Å². The van der Waals surface area contributed by atoms with Crippen LogP contribution >= 0.6 is 0 Å². The summed E-state index contributed by atoms with van der Waals surface area (Å²) in [5.41, 5.74) is 0. The molecule has 4 heteroatoms. The molecule has 1 N–H and O–H groups in total.